The summed E-state index contributed by atoms with van der Waals surface area (Å²) in [5.41, 5.74) is 0.479. The summed E-state index contributed by atoms with van der Waals surface area (Å²) in [5.74, 6) is -2.22. The van der Waals surface area contributed by atoms with E-state index in [-0.39, 0.29) is 17.1 Å². The van der Waals surface area contributed by atoms with Crippen molar-refractivity contribution in [1.82, 2.24) is 4.72 Å². The van der Waals surface area contributed by atoms with Crippen LogP contribution in [0.3, 0.4) is 0 Å². The van der Waals surface area contributed by atoms with Crippen LogP contribution >= 0.6 is 22.9 Å². The van der Waals surface area contributed by atoms with Crippen LogP contribution in [0.4, 0.5) is 0 Å². The Morgan fingerprint density at radius 3 is 2.58 bits per heavy atom. The van der Waals surface area contributed by atoms with E-state index in [4.69, 9.17) is 11.6 Å². The summed E-state index contributed by atoms with van der Waals surface area (Å²) < 4.78 is 33.3. The van der Waals surface area contributed by atoms with Crippen molar-refractivity contribution in [3.05, 3.63) is 76.8 Å². The number of esters is 1. The maximum absolute atomic E-state index is 13.1. The highest BCUT2D eigenvalue weighted by Gasteiger charge is 2.63. The van der Waals surface area contributed by atoms with Gasteiger partial charge in [-0.05, 0) is 47.4 Å². The van der Waals surface area contributed by atoms with E-state index in [9.17, 15) is 23.1 Å². The van der Waals surface area contributed by atoms with Crippen LogP contribution in [-0.4, -0.2) is 38.1 Å². The molecule has 1 saturated carbocycles. The van der Waals surface area contributed by atoms with Gasteiger partial charge in [-0.1, -0.05) is 48.0 Å². The standard InChI is InChI=1S/C23H20ClNO6S2/c1-31-20(26)12-14-3-2-4-16(11-14)18-13-23(18,22(27)28)25-33(29,30)21-10-9-19(32-21)15-5-7-17(24)8-6-15/h2-11,18,25H,12-13H2,1H3,(H,27,28)/t18-,23+/m0/s1. The second-order valence-electron chi connectivity index (χ2n) is 7.76. The third-order valence-electron chi connectivity index (χ3n) is 5.56. The topological polar surface area (TPSA) is 110 Å². The number of aliphatic carboxylic acids is 1. The molecule has 10 heteroatoms. The zero-order valence-electron chi connectivity index (χ0n) is 17.4. The van der Waals surface area contributed by atoms with E-state index in [1.807, 2.05) is 0 Å². The van der Waals surface area contributed by atoms with Crippen LogP contribution < -0.4 is 4.72 Å². The molecule has 3 aromatic rings. The molecule has 33 heavy (non-hydrogen) atoms. The first-order valence-corrected chi connectivity index (χ1v) is 12.6. The Labute approximate surface area is 200 Å². The van der Waals surface area contributed by atoms with Gasteiger partial charge in [-0.15, -0.1) is 11.3 Å². The highest BCUT2D eigenvalue weighted by Crippen LogP contribution is 2.52. The number of nitrogens with one attached hydrogen (secondary N) is 1. The Balaban J connectivity index is 1.57. The number of ether oxygens (including phenoxy) is 1. The van der Waals surface area contributed by atoms with Gasteiger partial charge in [0.2, 0.25) is 0 Å². The van der Waals surface area contributed by atoms with Crippen molar-refractivity contribution >= 4 is 44.9 Å². The highest BCUT2D eigenvalue weighted by molar-refractivity contribution is 7.91. The number of methoxy groups -OCH3 is 1. The summed E-state index contributed by atoms with van der Waals surface area (Å²) in [6.45, 7) is 0. The fourth-order valence-electron chi connectivity index (χ4n) is 3.74. The summed E-state index contributed by atoms with van der Waals surface area (Å²) in [5, 5.41) is 10.5. The number of hydrogen-bond donors (Lipinski definition) is 2. The van der Waals surface area contributed by atoms with Crippen LogP contribution in [0.1, 0.15) is 23.5 Å². The molecule has 0 radical (unpaired) electrons. The van der Waals surface area contributed by atoms with Crippen molar-refractivity contribution in [2.24, 2.45) is 0 Å². The maximum Gasteiger partial charge on any atom is 0.325 e. The maximum atomic E-state index is 13.1. The second kappa shape index (κ2) is 8.90. The van der Waals surface area contributed by atoms with Crippen molar-refractivity contribution in [2.75, 3.05) is 7.11 Å². The molecule has 0 saturated heterocycles. The summed E-state index contributed by atoms with van der Waals surface area (Å²) in [7, 11) is -2.79. The molecular formula is C23H20ClNO6S2. The normalized spacial score (nSPS) is 19.8. The molecule has 0 unspecified atom stereocenters. The molecule has 7 nitrogen and oxygen atoms in total. The van der Waals surface area contributed by atoms with Crippen molar-refractivity contribution in [1.29, 1.82) is 0 Å². The SMILES string of the molecule is COC(=O)Cc1cccc([C@@H]2C[C@]2(NS(=O)(=O)c2ccc(-c3ccc(Cl)cc3)s2)C(=O)O)c1. The summed E-state index contributed by atoms with van der Waals surface area (Å²) in [6.07, 6.45) is 0.157. The predicted octanol–water partition coefficient (Wildman–Crippen LogP) is 4.07. The van der Waals surface area contributed by atoms with Crippen LogP contribution in [0.15, 0.2) is 64.9 Å². The molecule has 2 aromatic carbocycles. The minimum absolute atomic E-state index is 0.0261. The van der Waals surface area contributed by atoms with Gasteiger partial charge in [0.1, 0.15) is 9.75 Å². The third-order valence-corrected chi connectivity index (χ3v) is 8.95. The lowest BCUT2D eigenvalue weighted by atomic mass is 10.0. The van der Waals surface area contributed by atoms with E-state index in [2.05, 4.69) is 9.46 Å². The Hall–Kier alpha value is -2.72. The summed E-state index contributed by atoms with van der Waals surface area (Å²) >= 11 is 6.96. The molecule has 0 amide bonds. The van der Waals surface area contributed by atoms with Crippen molar-refractivity contribution in [3.63, 3.8) is 0 Å². The van der Waals surface area contributed by atoms with E-state index in [1.165, 1.54) is 13.2 Å². The monoisotopic (exact) mass is 505 g/mol. The van der Waals surface area contributed by atoms with Gasteiger partial charge in [0.15, 0.2) is 0 Å². The van der Waals surface area contributed by atoms with Gasteiger partial charge in [-0.3, -0.25) is 9.59 Å². The first kappa shape index (κ1) is 23.4. The number of carbonyl (C=O) groups excluding carboxylic acids is 1. The lowest BCUT2D eigenvalue weighted by Gasteiger charge is -2.15. The fourth-order valence-corrected chi connectivity index (χ4v) is 6.58. The first-order chi connectivity index (χ1) is 15.6. The number of carboxylic acids is 1. The average molecular weight is 506 g/mol. The third kappa shape index (κ3) is 4.81. The molecular weight excluding hydrogens is 486 g/mol. The Bertz CT molecular complexity index is 1320. The van der Waals surface area contributed by atoms with E-state index >= 15 is 0 Å². The molecule has 1 heterocycles. The molecule has 1 aromatic heterocycles. The minimum atomic E-state index is -4.08. The van der Waals surface area contributed by atoms with E-state index in [1.54, 1.807) is 54.6 Å². The number of carbonyl (C=O) groups is 2. The number of benzene rings is 2. The molecule has 2 atom stereocenters. The highest BCUT2D eigenvalue weighted by atomic mass is 35.5. The van der Waals surface area contributed by atoms with Gasteiger partial charge in [0, 0.05) is 15.8 Å². The van der Waals surface area contributed by atoms with Crippen LogP contribution in [0.2, 0.25) is 5.02 Å². The summed E-state index contributed by atoms with van der Waals surface area (Å²) in [6, 6.07) is 17.0. The van der Waals surface area contributed by atoms with Gasteiger partial charge < -0.3 is 9.84 Å². The lowest BCUT2D eigenvalue weighted by Crippen LogP contribution is -2.44. The van der Waals surface area contributed by atoms with Crippen LogP contribution in [0.25, 0.3) is 10.4 Å². The van der Waals surface area contributed by atoms with Gasteiger partial charge in [0.05, 0.1) is 13.5 Å². The average Bonchev–Trinajstić information content (AvgIpc) is 3.27. The number of halogens is 1. The van der Waals surface area contributed by atoms with Gasteiger partial charge in [-0.25, -0.2) is 8.42 Å². The Morgan fingerprint density at radius 2 is 1.91 bits per heavy atom. The summed E-state index contributed by atoms with van der Waals surface area (Å²) in [4.78, 5) is 24.4. The minimum Gasteiger partial charge on any atom is -0.480 e. The number of carboxylic acid groups (broad SMARTS) is 1. The predicted molar refractivity (Wildman–Crippen MR) is 125 cm³/mol. The second-order valence-corrected chi connectivity index (χ2v) is 11.2. The van der Waals surface area contributed by atoms with E-state index in [0.717, 1.165) is 21.8 Å². The van der Waals surface area contributed by atoms with E-state index < -0.39 is 33.4 Å². The number of thiophene rings is 1. The van der Waals surface area contributed by atoms with Crippen molar-refractivity contribution in [2.45, 2.75) is 28.5 Å². The van der Waals surface area contributed by atoms with E-state index in [0.29, 0.717) is 16.1 Å². The smallest absolute Gasteiger partial charge is 0.325 e. The van der Waals surface area contributed by atoms with Crippen molar-refractivity contribution in [3.8, 4) is 10.4 Å². The first-order valence-electron chi connectivity index (χ1n) is 9.93. The largest absolute Gasteiger partial charge is 0.480 e. The van der Waals surface area contributed by atoms with Gasteiger partial charge in [-0.2, -0.15) is 4.72 Å². The quantitative estimate of drug-likeness (QED) is 0.446. The van der Waals surface area contributed by atoms with Gasteiger partial charge in [0.25, 0.3) is 10.0 Å². The fraction of sp³-hybridized carbons (Fsp3) is 0.217. The van der Waals surface area contributed by atoms with Crippen molar-refractivity contribution < 1.29 is 27.9 Å². The number of hydrogen-bond acceptors (Lipinski definition) is 6. The number of rotatable bonds is 8. The molecule has 0 bridgehead atoms. The molecule has 4 rings (SSSR count). The molecule has 2 N–H and O–H groups in total. The number of sulfonamides is 1. The molecule has 0 aliphatic heterocycles. The zero-order chi connectivity index (χ0) is 23.8. The molecule has 1 fully saturated rings. The zero-order valence-corrected chi connectivity index (χ0v) is 19.8. The Kier molecular flexibility index (Phi) is 6.32. The molecule has 0 spiro atoms. The Morgan fingerprint density at radius 1 is 1.18 bits per heavy atom. The molecule has 172 valence electrons. The van der Waals surface area contributed by atoms with Crippen LogP contribution in [0, 0.1) is 0 Å². The van der Waals surface area contributed by atoms with Gasteiger partial charge >= 0.3 is 11.9 Å². The van der Waals surface area contributed by atoms with Crippen LogP contribution in [-0.2, 0) is 30.8 Å². The molecule has 1 aliphatic rings. The van der Waals surface area contributed by atoms with Crippen LogP contribution in [0.5, 0.6) is 0 Å². The lowest BCUT2D eigenvalue weighted by molar-refractivity contribution is -0.141. The molecule has 1 aliphatic carbocycles.